The minimum atomic E-state index is -3.58. The quantitative estimate of drug-likeness (QED) is 0.776. The molecule has 1 heterocycles. The molecule has 0 spiro atoms. The van der Waals surface area contributed by atoms with Gasteiger partial charge in [0, 0.05) is 19.6 Å². The SMILES string of the molecule is Cc1ccc(S(=O)(=O)NCC2CCCN(C(=O)[C@H](O)c3ccccc3)C2)cc1. The molecule has 0 aliphatic carbocycles. The Balaban J connectivity index is 1.59. The van der Waals surface area contributed by atoms with Crippen LogP contribution in [0.1, 0.15) is 30.1 Å². The topological polar surface area (TPSA) is 86.7 Å². The molecule has 1 fully saturated rings. The van der Waals surface area contributed by atoms with Gasteiger partial charge in [0.25, 0.3) is 5.91 Å². The summed E-state index contributed by atoms with van der Waals surface area (Å²) in [5.41, 5.74) is 1.56. The molecule has 2 aromatic rings. The number of aliphatic hydroxyl groups is 1. The van der Waals surface area contributed by atoms with E-state index in [1.807, 2.05) is 13.0 Å². The molecule has 0 radical (unpaired) electrons. The molecular weight excluding hydrogens is 376 g/mol. The monoisotopic (exact) mass is 402 g/mol. The summed E-state index contributed by atoms with van der Waals surface area (Å²) in [5.74, 6) is -0.321. The van der Waals surface area contributed by atoms with Crippen molar-refractivity contribution in [2.75, 3.05) is 19.6 Å². The molecule has 0 bridgehead atoms. The highest BCUT2D eigenvalue weighted by atomic mass is 32.2. The zero-order chi connectivity index (χ0) is 20.1. The molecule has 1 aliphatic rings. The second-order valence-corrected chi connectivity index (χ2v) is 9.04. The molecule has 0 aromatic heterocycles. The Morgan fingerprint density at radius 2 is 1.86 bits per heavy atom. The third-order valence-corrected chi connectivity index (χ3v) is 6.51. The summed E-state index contributed by atoms with van der Waals surface area (Å²) < 4.78 is 27.6. The van der Waals surface area contributed by atoms with Crippen molar-refractivity contribution in [3.05, 3.63) is 65.7 Å². The number of hydrogen-bond donors (Lipinski definition) is 2. The van der Waals surface area contributed by atoms with Gasteiger partial charge in [-0.3, -0.25) is 4.79 Å². The van der Waals surface area contributed by atoms with E-state index in [1.165, 1.54) is 0 Å². The van der Waals surface area contributed by atoms with Crippen molar-refractivity contribution in [3.8, 4) is 0 Å². The smallest absolute Gasteiger partial charge is 0.256 e. The predicted molar refractivity (Wildman–Crippen MR) is 107 cm³/mol. The highest BCUT2D eigenvalue weighted by Crippen LogP contribution is 2.22. The maximum absolute atomic E-state index is 12.6. The van der Waals surface area contributed by atoms with E-state index in [9.17, 15) is 18.3 Å². The Bertz CT molecular complexity index is 898. The van der Waals surface area contributed by atoms with Crippen LogP contribution in [0.15, 0.2) is 59.5 Å². The van der Waals surface area contributed by atoms with E-state index in [2.05, 4.69) is 4.72 Å². The van der Waals surface area contributed by atoms with Crippen molar-refractivity contribution in [3.63, 3.8) is 0 Å². The zero-order valence-electron chi connectivity index (χ0n) is 15.9. The number of likely N-dealkylation sites (tertiary alicyclic amines) is 1. The number of nitrogens with zero attached hydrogens (tertiary/aromatic N) is 1. The van der Waals surface area contributed by atoms with Gasteiger partial charge < -0.3 is 10.0 Å². The normalized spacial score (nSPS) is 18.6. The molecule has 1 unspecified atom stereocenters. The number of carbonyl (C=O) groups is 1. The molecule has 28 heavy (non-hydrogen) atoms. The van der Waals surface area contributed by atoms with Crippen LogP contribution in [0, 0.1) is 12.8 Å². The molecule has 150 valence electrons. The lowest BCUT2D eigenvalue weighted by molar-refractivity contribution is -0.142. The van der Waals surface area contributed by atoms with Gasteiger partial charge in [-0.2, -0.15) is 0 Å². The van der Waals surface area contributed by atoms with Gasteiger partial charge in [0.15, 0.2) is 6.10 Å². The highest BCUT2D eigenvalue weighted by Gasteiger charge is 2.29. The molecule has 1 amide bonds. The van der Waals surface area contributed by atoms with Gasteiger partial charge in [-0.25, -0.2) is 13.1 Å². The number of amides is 1. The standard InChI is InChI=1S/C21H26N2O4S/c1-16-9-11-19(12-10-16)28(26,27)22-14-17-6-5-13-23(15-17)21(25)20(24)18-7-3-2-4-8-18/h2-4,7-12,17,20,22,24H,5-6,13-15H2,1H3/t17?,20-/m1/s1. The van der Waals surface area contributed by atoms with Crippen LogP contribution in [0.2, 0.25) is 0 Å². The summed E-state index contributed by atoms with van der Waals surface area (Å²) in [6, 6.07) is 15.5. The van der Waals surface area contributed by atoms with Crippen molar-refractivity contribution in [1.82, 2.24) is 9.62 Å². The van der Waals surface area contributed by atoms with E-state index in [0.717, 1.165) is 18.4 Å². The lowest BCUT2D eigenvalue weighted by Gasteiger charge is -2.34. The Labute approximate surface area is 166 Å². The molecule has 2 aromatic carbocycles. The third kappa shape index (κ3) is 4.98. The lowest BCUT2D eigenvalue weighted by Crippen LogP contribution is -2.45. The van der Waals surface area contributed by atoms with Crippen molar-refractivity contribution in [2.45, 2.75) is 30.8 Å². The summed E-state index contributed by atoms with van der Waals surface area (Å²) in [4.78, 5) is 14.5. The first kappa shape index (κ1) is 20.5. The van der Waals surface area contributed by atoms with Crippen molar-refractivity contribution >= 4 is 15.9 Å². The van der Waals surface area contributed by atoms with Gasteiger partial charge in [0.2, 0.25) is 10.0 Å². The van der Waals surface area contributed by atoms with E-state index in [0.29, 0.717) is 18.7 Å². The van der Waals surface area contributed by atoms with Gasteiger partial charge in [0.1, 0.15) is 0 Å². The van der Waals surface area contributed by atoms with Gasteiger partial charge in [-0.05, 0) is 43.4 Å². The molecule has 7 heteroatoms. The minimum absolute atomic E-state index is 0.0147. The van der Waals surface area contributed by atoms with E-state index >= 15 is 0 Å². The van der Waals surface area contributed by atoms with Crippen LogP contribution >= 0.6 is 0 Å². The fourth-order valence-electron chi connectivity index (χ4n) is 3.41. The van der Waals surface area contributed by atoms with Crippen LogP contribution < -0.4 is 4.72 Å². The van der Waals surface area contributed by atoms with E-state index in [1.54, 1.807) is 53.4 Å². The molecule has 3 rings (SSSR count). The fraction of sp³-hybridized carbons (Fsp3) is 0.381. The Morgan fingerprint density at radius 1 is 1.18 bits per heavy atom. The van der Waals surface area contributed by atoms with Crippen LogP contribution in [-0.4, -0.2) is 44.0 Å². The second-order valence-electron chi connectivity index (χ2n) is 7.27. The maximum atomic E-state index is 12.6. The summed E-state index contributed by atoms with van der Waals surface area (Å²) in [5, 5.41) is 10.4. The molecule has 6 nitrogen and oxygen atoms in total. The van der Waals surface area contributed by atoms with Gasteiger partial charge in [0.05, 0.1) is 4.90 Å². The van der Waals surface area contributed by atoms with Gasteiger partial charge in [-0.1, -0.05) is 48.0 Å². The Kier molecular flexibility index (Phi) is 6.49. The number of carbonyl (C=O) groups excluding carboxylic acids is 1. The zero-order valence-corrected chi connectivity index (χ0v) is 16.7. The van der Waals surface area contributed by atoms with Crippen LogP contribution in [-0.2, 0) is 14.8 Å². The van der Waals surface area contributed by atoms with Crippen molar-refractivity contribution < 1.29 is 18.3 Å². The first-order valence-electron chi connectivity index (χ1n) is 9.45. The van der Waals surface area contributed by atoms with Crippen LogP contribution in [0.25, 0.3) is 0 Å². The van der Waals surface area contributed by atoms with E-state index in [-0.39, 0.29) is 23.3 Å². The average molecular weight is 403 g/mol. The number of aliphatic hydroxyl groups excluding tert-OH is 1. The van der Waals surface area contributed by atoms with Crippen LogP contribution in [0.4, 0.5) is 0 Å². The molecule has 1 aliphatic heterocycles. The number of nitrogens with one attached hydrogen (secondary N) is 1. The van der Waals surface area contributed by atoms with Gasteiger partial charge >= 0.3 is 0 Å². The van der Waals surface area contributed by atoms with Crippen LogP contribution in [0.3, 0.4) is 0 Å². The number of rotatable bonds is 6. The third-order valence-electron chi connectivity index (χ3n) is 5.07. The molecule has 2 atom stereocenters. The first-order chi connectivity index (χ1) is 13.4. The number of hydrogen-bond acceptors (Lipinski definition) is 4. The number of benzene rings is 2. The summed E-state index contributed by atoms with van der Waals surface area (Å²) in [6.45, 7) is 3.17. The molecule has 2 N–H and O–H groups in total. The second kappa shape index (κ2) is 8.86. The average Bonchev–Trinajstić information content (AvgIpc) is 2.72. The minimum Gasteiger partial charge on any atom is -0.378 e. The number of sulfonamides is 1. The highest BCUT2D eigenvalue weighted by molar-refractivity contribution is 7.89. The van der Waals surface area contributed by atoms with Crippen molar-refractivity contribution in [1.29, 1.82) is 0 Å². The first-order valence-corrected chi connectivity index (χ1v) is 10.9. The molecular formula is C21H26N2O4S. The summed E-state index contributed by atoms with van der Waals surface area (Å²) >= 11 is 0. The lowest BCUT2D eigenvalue weighted by atomic mass is 9.97. The Morgan fingerprint density at radius 3 is 2.54 bits per heavy atom. The number of aryl methyl sites for hydroxylation is 1. The summed E-state index contributed by atoms with van der Waals surface area (Å²) in [6.07, 6.45) is 0.426. The Hall–Kier alpha value is -2.22. The molecule has 1 saturated heterocycles. The van der Waals surface area contributed by atoms with E-state index in [4.69, 9.17) is 0 Å². The summed E-state index contributed by atoms with van der Waals surface area (Å²) in [7, 11) is -3.58. The molecule has 0 saturated carbocycles. The van der Waals surface area contributed by atoms with E-state index < -0.39 is 16.1 Å². The fourth-order valence-corrected chi connectivity index (χ4v) is 4.53. The maximum Gasteiger partial charge on any atom is 0.256 e. The van der Waals surface area contributed by atoms with Crippen molar-refractivity contribution in [2.24, 2.45) is 5.92 Å². The van der Waals surface area contributed by atoms with Gasteiger partial charge in [-0.15, -0.1) is 0 Å². The van der Waals surface area contributed by atoms with Crippen LogP contribution in [0.5, 0.6) is 0 Å². The number of piperidine rings is 1. The predicted octanol–water partition coefficient (Wildman–Crippen LogP) is 2.25. The largest absolute Gasteiger partial charge is 0.378 e.